The molecule has 0 aromatic rings. The molecule has 0 N–H and O–H groups in total. The number of hydrogen-bond donors (Lipinski definition) is 0. The maximum Gasteiger partial charge on any atom is 0.102 e. The minimum Gasteiger partial charge on any atom is -0.337 e. The van der Waals surface area contributed by atoms with Gasteiger partial charge in [-0.05, 0) is 17.9 Å². The van der Waals surface area contributed by atoms with Crippen molar-refractivity contribution >= 4 is 11.8 Å². The second kappa shape index (κ2) is 3.20. The summed E-state index contributed by atoms with van der Waals surface area (Å²) in [4.78, 5) is 3.78. The van der Waals surface area contributed by atoms with Crippen LogP contribution in [0.1, 0.15) is 27.7 Å². The Labute approximate surface area is 90.6 Å². The van der Waals surface area contributed by atoms with E-state index in [1.54, 1.807) is 0 Å². The van der Waals surface area contributed by atoms with E-state index in [4.69, 9.17) is 0 Å². The molecule has 0 saturated carbocycles. The lowest BCUT2D eigenvalue weighted by Gasteiger charge is -2.22. The van der Waals surface area contributed by atoms with Crippen LogP contribution < -0.4 is 0 Å². The van der Waals surface area contributed by atoms with Gasteiger partial charge in [0.15, 0.2) is 0 Å². The van der Waals surface area contributed by atoms with Crippen molar-refractivity contribution in [1.29, 1.82) is 0 Å². The van der Waals surface area contributed by atoms with E-state index in [0.29, 0.717) is 5.37 Å². The van der Waals surface area contributed by atoms with Crippen LogP contribution in [-0.4, -0.2) is 10.3 Å². The van der Waals surface area contributed by atoms with E-state index < -0.39 is 0 Å². The van der Waals surface area contributed by atoms with E-state index in [-0.39, 0.29) is 5.41 Å². The molecule has 1 unspecified atom stereocenters. The smallest absolute Gasteiger partial charge is 0.102 e. The first-order valence-corrected chi connectivity index (χ1v) is 5.88. The summed E-state index contributed by atoms with van der Waals surface area (Å²) in [5.74, 6) is 0. The van der Waals surface area contributed by atoms with E-state index >= 15 is 0 Å². The third-order valence-corrected chi connectivity index (χ3v) is 4.04. The van der Waals surface area contributed by atoms with Crippen molar-refractivity contribution in [2.45, 2.75) is 33.1 Å². The summed E-state index contributed by atoms with van der Waals surface area (Å²) < 4.78 is 0. The lowest BCUT2D eigenvalue weighted by Crippen LogP contribution is -2.18. The van der Waals surface area contributed by atoms with Gasteiger partial charge in [0.05, 0.1) is 0 Å². The Morgan fingerprint density at radius 1 is 1.29 bits per heavy atom. The number of nitrogens with zero attached hydrogens (tertiary/aromatic N) is 1. The Bertz CT molecular complexity index is 331. The van der Waals surface area contributed by atoms with Crippen LogP contribution in [0, 0.1) is 5.41 Å². The van der Waals surface area contributed by atoms with Gasteiger partial charge in [-0.1, -0.05) is 44.7 Å². The predicted molar refractivity (Wildman–Crippen MR) is 63.7 cm³/mol. The van der Waals surface area contributed by atoms with Crippen LogP contribution in [0.3, 0.4) is 0 Å². The number of hydrogen-bond acceptors (Lipinski definition) is 2. The number of allylic oxidation sites excluding steroid dienone is 3. The first-order chi connectivity index (χ1) is 6.47. The summed E-state index contributed by atoms with van der Waals surface area (Å²) in [6.07, 6.45) is 8.97. The molecule has 1 atom stereocenters. The van der Waals surface area contributed by atoms with Crippen molar-refractivity contribution in [2.75, 3.05) is 0 Å². The molecule has 2 aliphatic heterocycles. The molecule has 0 spiro atoms. The maximum atomic E-state index is 2.31. The zero-order valence-electron chi connectivity index (χ0n) is 9.24. The normalized spacial score (nSPS) is 26.0. The number of fused-ring (bicyclic) bond motifs is 1. The Morgan fingerprint density at radius 2 is 2.00 bits per heavy atom. The van der Waals surface area contributed by atoms with Crippen molar-refractivity contribution in [1.82, 2.24) is 4.90 Å². The topological polar surface area (TPSA) is 3.24 Å². The fraction of sp³-hybridized carbons (Fsp3) is 0.500. The van der Waals surface area contributed by atoms with Crippen molar-refractivity contribution in [3.8, 4) is 0 Å². The van der Waals surface area contributed by atoms with E-state index in [1.165, 1.54) is 10.5 Å². The van der Waals surface area contributed by atoms with Crippen LogP contribution in [0.25, 0.3) is 0 Å². The summed E-state index contributed by atoms with van der Waals surface area (Å²) in [6.45, 7) is 8.94. The van der Waals surface area contributed by atoms with E-state index in [0.717, 1.165) is 0 Å². The van der Waals surface area contributed by atoms with Crippen molar-refractivity contribution in [2.24, 2.45) is 5.41 Å². The van der Waals surface area contributed by atoms with Crippen molar-refractivity contribution in [3.05, 3.63) is 35.0 Å². The molecule has 76 valence electrons. The van der Waals surface area contributed by atoms with Gasteiger partial charge in [-0.3, -0.25) is 0 Å². The second-order valence-electron chi connectivity index (χ2n) is 4.93. The van der Waals surface area contributed by atoms with E-state index in [1.807, 2.05) is 11.8 Å². The van der Waals surface area contributed by atoms with Crippen LogP contribution >= 0.6 is 11.8 Å². The zero-order chi connectivity index (χ0) is 10.3. The minimum atomic E-state index is 0.275. The lowest BCUT2D eigenvalue weighted by molar-refractivity contribution is 0.502. The van der Waals surface area contributed by atoms with Crippen molar-refractivity contribution in [3.63, 3.8) is 0 Å². The predicted octanol–water partition coefficient (Wildman–Crippen LogP) is 3.72. The van der Waals surface area contributed by atoms with Gasteiger partial charge in [-0.25, -0.2) is 0 Å². The summed E-state index contributed by atoms with van der Waals surface area (Å²) in [6, 6.07) is 0. The molecule has 1 nitrogen and oxygen atoms in total. The minimum absolute atomic E-state index is 0.275. The molecular formula is C12H17NS. The maximum absolute atomic E-state index is 2.31. The van der Waals surface area contributed by atoms with Gasteiger partial charge in [0, 0.05) is 17.3 Å². The molecule has 14 heavy (non-hydrogen) atoms. The highest BCUT2D eigenvalue weighted by Crippen LogP contribution is 2.44. The zero-order valence-corrected chi connectivity index (χ0v) is 10.1. The van der Waals surface area contributed by atoms with Crippen LogP contribution in [0.2, 0.25) is 0 Å². The van der Waals surface area contributed by atoms with Gasteiger partial charge in [-0.2, -0.15) is 0 Å². The van der Waals surface area contributed by atoms with E-state index in [2.05, 4.69) is 57.1 Å². The summed E-state index contributed by atoms with van der Waals surface area (Å²) in [5, 5.41) is 0.493. The second-order valence-corrected chi connectivity index (χ2v) is 6.09. The largest absolute Gasteiger partial charge is 0.337 e. The molecule has 0 aromatic heterocycles. The Morgan fingerprint density at radius 3 is 2.64 bits per heavy atom. The van der Waals surface area contributed by atoms with Gasteiger partial charge in [-0.15, -0.1) is 0 Å². The molecule has 0 amide bonds. The fourth-order valence-electron chi connectivity index (χ4n) is 1.56. The highest BCUT2D eigenvalue weighted by molar-refractivity contribution is 8.04. The number of rotatable bonds is 0. The van der Waals surface area contributed by atoms with Gasteiger partial charge in [0.25, 0.3) is 0 Å². The van der Waals surface area contributed by atoms with Gasteiger partial charge < -0.3 is 4.90 Å². The van der Waals surface area contributed by atoms with Crippen molar-refractivity contribution < 1.29 is 0 Å². The SMILES string of the molecule is CC1=CN2C=C(C(C)(C)C)SC2C=C1. The molecule has 0 bridgehead atoms. The number of thioether (sulfide) groups is 1. The Hall–Kier alpha value is -0.630. The average Bonchev–Trinajstić information content (AvgIpc) is 2.45. The average molecular weight is 207 g/mol. The highest BCUT2D eigenvalue weighted by atomic mass is 32.2. The highest BCUT2D eigenvalue weighted by Gasteiger charge is 2.30. The summed E-state index contributed by atoms with van der Waals surface area (Å²) >= 11 is 1.96. The Kier molecular flexibility index (Phi) is 2.26. The quantitative estimate of drug-likeness (QED) is 0.595. The third-order valence-electron chi connectivity index (χ3n) is 2.42. The first kappa shape index (κ1) is 9.91. The summed E-state index contributed by atoms with van der Waals surface area (Å²) in [5.41, 5.74) is 1.60. The van der Waals surface area contributed by atoms with E-state index in [9.17, 15) is 0 Å². The monoisotopic (exact) mass is 207 g/mol. The van der Waals surface area contributed by atoms with Gasteiger partial charge >= 0.3 is 0 Å². The van der Waals surface area contributed by atoms with Crippen LogP contribution in [0.5, 0.6) is 0 Å². The Balaban J connectivity index is 2.23. The fourth-order valence-corrected chi connectivity index (χ4v) is 2.76. The molecule has 0 aliphatic carbocycles. The standard InChI is InChI=1S/C12H17NS/c1-9-5-6-11-13(7-9)8-10(14-11)12(2,3)4/h5-8,11H,1-4H3. The van der Waals surface area contributed by atoms with Crippen LogP contribution in [0.15, 0.2) is 35.0 Å². The molecule has 0 saturated heterocycles. The molecule has 2 heterocycles. The summed E-state index contributed by atoms with van der Waals surface area (Å²) in [7, 11) is 0. The van der Waals surface area contributed by atoms with Crippen LogP contribution in [0.4, 0.5) is 0 Å². The first-order valence-electron chi connectivity index (χ1n) is 5.00. The third kappa shape index (κ3) is 1.76. The lowest BCUT2D eigenvalue weighted by atomic mass is 9.96. The molecule has 2 heteroatoms. The molecule has 2 aliphatic rings. The van der Waals surface area contributed by atoms with Crippen LogP contribution in [-0.2, 0) is 0 Å². The van der Waals surface area contributed by atoms with Gasteiger partial charge in [0.1, 0.15) is 5.37 Å². The molecule has 0 radical (unpaired) electrons. The molecule has 0 fully saturated rings. The molecular weight excluding hydrogens is 190 g/mol. The molecule has 0 aromatic carbocycles. The molecule has 2 rings (SSSR count). The van der Waals surface area contributed by atoms with Gasteiger partial charge in [0.2, 0.25) is 0 Å².